The lowest BCUT2D eigenvalue weighted by molar-refractivity contribution is -0.131. The second kappa shape index (κ2) is 5.86. The fourth-order valence-electron chi connectivity index (χ4n) is 3.41. The standard InChI is InChI=1S/C20H17N3O/c21-12-15-6-7-18-17(10-15)16-8-9-23(13-19(16)22-18)20(24)11-14-4-2-1-3-5-14/h1-7,10,22H,8-9,11,13H2. The van der Waals surface area contributed by atoms with Gasteiger partial charge in [0.25, 0.3) is 0 Å². The molecule has 4 nitrogen and oxygen atoms in total. The molecule has 3 aromatic rings. The first kappa shape index (κ1) is 14.5. The third kappa shape index (κ3) is 2.55. The number of H-pyrrole nitrogens is 1. The molecule has 4 heteroatoms. The van der Waals surface area contributed by atoms with Crippen LogP contribution in [-0.2, 0) is 24.2 Å². The first-order valence-electron chi connectivity index (χ1n) is 8.10. The zero-order valence-electron chi connectivity index (χ0n) is 13.2. The molecule has 4 rings (SSSR count). The summed E-state index contributed by atoms with van der Waals surface area (Å²) in [5.74, 6) is 0.156. The summed E-state index contributed by atoms with van der Waals surface area (Å²) >= 11 is 0. The van der Waals surface area contributed by atoms with Crippen LogP contribution in [0.4, 0.5) is 0 Å². The largest absolute Gasteiger partial charge is 0.357 e. The molecule has 0 radical (unpaired) electrons. The third-order valence-electron chi connectivity index (χ3n) is 4.66. The van der Waals surface area contributed by atoms with E-state index in [1.807, 2.05) is 53.4 Å². The quantitative estimate of drug-likeness (QED) is 0.789. The number of nitrogens with one attached hydrogen (secondary N) is 1. The number of rotatable bonds is 2. The highest BCUT2D eigenvalue weighted by molar-refractivity contribution is 5.87. The Morgan fingerprint density at radius 1 is 1.21 bits per heavy atom. The predicted octanol–water partition coefficient (Wildman–Crippen LogP) is 3.17. The Kier molecular flexibility index (Phi) is 3.55. The van der Waals surface area contributed by atoms with E-state index in [0.29, 0.717) is 18.5 Å². The van der Waals surface area contributed by atoms with Gasteiger partial charge in [-0.25, -0.2) is 0 Å². The minimum Gasteiger partial charge on any atom is -0.357 e. The van der Waals surface area contributed by atoms with Crippen molar-refractivity contribution in [3.63, 3.8) is 0 Å². The van der Waals surface area contributed by atoms with E-state index in [2.05, 4.69) is 11.1 Å². The molecule has 1 aliphatic heterocycles. The van der Waals surface area contributed by atoms with Crippen LogP contribution in [0.25, 0.3) is 10.9 Å². The number of nitrogens with zero attached hydrogens (tertiary/aromatic N) is 2. The van der Waals surface area contributed by atoms with Crippen molar-refractivity contribution in [3.8, 4) is 6.07 Å². The molecule has 0 aliphatic carbocycles. The molecule has 0 bridgehead atoms. The van der Waals surface area contributed by atoms with E-state index in [1.54, 1.807) is 0 Å². The lowest BCUT2D eigenvalue weighted by Gasteiger charge is -2.27. The molecule has 118 valence electrons. The van der Waals surface area contributed by atoms with Crippen LogP contribution in [0.2, 0.25) is 0 Å². The fourth-order valence-corrected chi connectivity index (χ4v) is 3.41. The number of benzene rings is 2. The van der Waals surface area contributed by atoms with Crippen molar-refractivity contribution in [3.05, 3.63) is 70.9 Å². The van der Waals surface area contributed by atoms with Gasteiger partial charge in [0.1, 0.15) is 0 Å². The summed E-state index contributed by atoms with van der Waals surface area (Å²) in [5, 5.41) is 10.2. The van der Waals surface area contributed by atoms with E-state index in [9.17, 15) is 4.79 Å². The molecule has 0 saturated carbocycles. The van der Waals surface area contributed by atoms with Crippen molar-refractivity contribution in [2.45, 2.75) is 19.4 Å². The van der Waals surface area contributed by atoms with E-state index >= 15 is 0 Å². The monoisotopic (exact) mass is 315 g/mol. The number of fused-ring (bicyclic) bond motifs is 3. The summed E-state index contributed by atoms with van der Waals surface area (Å²) in [6.07, 6.45) is 1.26. The molecule has 1 amide bonds. The molecule has 24 heavy (non-hydrogen) atoms. The molecule has 1 aromatic heterocycles. The molecule has 0 fully saturated rings. The van der Waals surface area contributed by atoms with E-state index in [0.717, 1.165) is 35.1 Å². The number of hydrogen-bond donors (Lipinski definition) is 1. The summed E-state index contributed by atoms with van der Waals surface area (Å²) in [7, 11) is 0. The molecule has 0 spiro atoms. The van der Waals surface area contributed by atoms with Crippen molar-refractivity contribution in [2.75, 3.05) is 6.54 Å². The summed E-state index contributed by atoms with van der Waals surface area (Å²) in [5.41, 5.74) is 5.09. The van der Waals surface area contributed by atoms with Crippen molar-refractivity contribution in [2.24, 2.45) is 0 Å². The van der Waals surface area contributed by atoms with Crippen LogP contribution < -0.4 is 0 Å². The summed E-state index contributed by atoms with van der Waals surface area (Å²) in [6.45, 7) is 1.33. The molecule has 2 aromatic carbocycles. The highest BCUT2D eigenvalue weighted by Gasteiger charge is 2.24. The molecule has 2 heterocycles. The van der Waals surface area contributed by atoms with Crippen LogP contribution in [-0.4, -0.2) is 22.3 Å². The number of carbonyl (C=O) groups excluding carboxylic acids is 1. The maximum absolute atomic E-state index is 12.6. The van der Waals surface area contributed by atoms with Crippen LogP contribution >= 0.6 is 0 Å². The number of nitriles is 1. The normalized spacial score (nSPS) is 13.5. The van der Waals surface area contributed by atoms with Crippen molar-refractivity contribution >= 4 is 16.8 Å². The Morgan fingerprint density at radius 3 is 2.83 bits per heavy atom. The summed E-state index contributed by atoms with van der Waals surface area (Å²) < 4.78 is 0. The van der Waals surface area contributed by atoms with Crippen LogP contribution in [0.3, 0.4) is 0 Å². The van der Waals surface area contributed by atoms with Gasteiger partial charge < -0.3 is 9.88 Å². The molecule has 0 saturated heterocycles. The highest BCUT2D eigenvalue weighted by atomic mass is 16.2. The lowest BCUT2D eigenvalue weighted by atomic mass is 10.0. The SMILES string of the molecule is N#Cc1ccc2[nH]c3c(c2c1)CCN(C(=O)Cc1ccccc1)C3. The Morgan fingerprint density at radius 2 is 2.04 bits per heavy atom. The zero-order valence-corrected chi connectivity index (χ0v) is 13.2. The number of amides is 1. The number of carbonyl (C=O) groups is 1. The minimum absolute atomic E-state index is 0.156. The van der Waals surface area contributed by atoms with Gasteiger partial charge in [-0.3, -0.25) is 4.79 Å². The van der Waals surface area contributed by atoms with Gasteiger partial charge in [-0.15, -0.1) is 0 Å². The van der Waals surface area contributed by atoms with Crippen molar-refractivity contribution in [1.29, 1.82) is 5.26 Å². The Labute approximate surface area is 140 Å². The highest BCUT2D eigenvalue weighted by Crippen LogP contribution is 2.28. The second-order valence-corrected chi connectivity index (χ2v) is 6.18. The van der Waals surface area contributed by atoms with Crippen molar-refractivity contribution < 1.29 is 4.79 Å². The zero-order chi connectivity index (χ0) is 16.5. The van der Waals surface area contributed by atoms with Gasteiger partial charge in [-0.1, -0.05) is 30.3 Å². The molecule has 0 unspecified atom stereocenters. The number of aromatic nitrogens is 1. The molecular formula is C20H17N3O. The van der Waals surface area contributed by atoms with Crippen LogP contribution in [0.15, 0.2) is 48.5 Å². The van der Waals surface area contributed by atoms with Gasteiger partial charge in [0.2, 0.25) is 5.91 Å². The lowest BCUT2D eigenvalue weighted by Crippen LogP contribution is -2.36. The smallest absolute Gasteiger partial charge is 0.227 e. The number of aromatic amines is 1. The van der Waals surface area contributed by atoms with E-state index in [-0.39, 0.29) is 5.91 Å². The fraction of sp³-hybridized carbons (Fsp3) is 0.200. The van der Waals surface area contributed by atoms with Gasteiger partial charge in [-0.2, -0.15) is 5.26 Å². The van der Waals surface area contributed by atoms with Crippen LogP contribution in [0.1, 0.15) is 22.4 Å². The average molecular weight is 315 g/mol. The Hall–Kier alpha value is -3.06. The average Bonchev–Trinajstić information content (AvgIpc) is 2.99. The molecule has 0 atom stereocenters. The Bertz CT molecular complexity index is 950. The van der Waals surface area contributed by atoms with Crippen LogP contribution in [0, 0.1) is 11.3 Å². The predicted molar refractivity (Wildman–Crippen MR) is 92.3 cm³/mol. The van der Waals surface area contributed by atoms with E-state index < -0.39 is 0 Å². The van der Waals surface area contributed by atoms with Gasteiger partial charge in [-0.05, 0) is 35.7 Å². The maximum Gasteiger partial charge on any atom is 0.227 e. The molecular weight excluding hydrogens is 298 g/mol. The third-order valence-corrected chi connectivity index (χ3v) is 4.66. The van der Waals surface area contributed by atoms with Gasteiger partial charge in [0.15, 0.2) is 0 Å². The minimum atomic E-state index is 0.156. The topological polar surface area (TPSA) is 59.9 Å². The molecule has 1 aliphatic rings. The first-order valence-corrected chi connectivity index (χ1v) is 8.10. The maximum atomic E-state index is 12.6. The van der Waals surface area contributed by atoms with Gasteiger partial charge in [0.05, 0.1) is 24.6 Å². The Balaban J connectivity index is 1.58. The van der Waals surface area contributed by atoms with Crippen LogP contribution in [0.5, 0.6) is 0 Å². The second-order valence-electron chi connectivity index (χ2n) is 6.18. The summed E-state index contributed by atoms with van der Waals surface area (Å²) in [4.78, 5) is 17.9. The van der Waals surface area contributed by atoms with E-state index in [1.165, 1.54) is 5.56 Å². The van der Waals surface area contributed by atoms with Gasteiger partial charge >= 0.3 is 0 Å². The van der Waals surface area contributed by atoms with E-state index in [4.69, 9.17) is 5.26 Å². The summed E-state index contributed by atoms with van der Waals surface area (Å²) in [6, 6.07) is 17.7. The van der Waals surface area contributed by atoms with Crippen molar-refractivity contribution in [1.82, 2.24) is 9.88 Å². The molecule has 1 N–H and O–H groups in total. The first-order chi connectivity index (χ1) is 11.7. The number of hydrogen-bond acceptors (Lipinski definition) is 2. The van der Waals surface area contributed by atoms with Gasteiger partial charge in [0, 0.05) is 23.1 Å².